The summed E-state index contributed by atoms with van der Waals surface area (Å²) in [5, 5.41) is 5.75. The Balaban J connectivity index is 2.06. The molecule has 0 bridgehead atoms. The highest BCUT2D eigenvalue weighted by atomic mass is 35.5. The SMILES string of the molecule is Cc1cccc(-n2c(C)nc3ccc(NC(=O)NCCCl)cc3c2=O)c1. The van der Waals surface area contributed by atoms with Gasteiger partial charge in [-0.1, -0.05) is 12.1 Å². The van der Waals surface area contributed by atoms with Crippen molar-refractivity contribution in [1.29, 1.82) is 0 Å². The number of amides is 2. The number of hydrogen-bond acceptors (Lipinski definition) is 3. The van der Waals surface area contributed by atoms with Crippen LogP contribution in [0.2, 0.25) is 0 Å². The second-order valence-corrected chi connectivity index (χ2v) is 6.32. The highest BCUT2D eigenvalue weighted by molar-refractivity contribution is 6.18. The van der Waals surface area contributed by atoms with Crippen LogP contribution in [0.15, 0.2) is 47.3 Å². The quantitative estimate of drug-likeness (QED) is 0.691. The van der Waals surface area contributed by atoms with Gasteiger partial charge in [0.1, 0.15) is 5.82 Å². The molecule has 0 atom stereocenters. The summed E-state index contributed by atoms with van der Waals surface area (Å²) in [6.45, 7) is 4.14. The van der Waals surface area contributed by atoms with Gasteiger partial charge in [-0.15, -0.1) is 11.6 Å². The van der Waals surface area contributed by atoms with E-state index in [-0.39, 0.29) is 11.6 Å². The van der Waals surface area contributed by atoms with Crippen molar-refractivity contribution in [2.24, 2.45) is 0 Å². The van der Waals surface area contributed by atoms with E-state index in [2.05, 4.69) is 15.6 Å². The number of carbonyl (C=O) groups is 1. The van der Waals surface area contributed by atoms with Crippen LogP contribution in [0.4, 0.5) is 10.5 Å². The maximum Gasteiger partial charge on any atom is 0.319 e. The molecule has 0 spiro atoms. The fraction of sp³-hybridized carbons (Fsp3) is 0.211. The Hall–Kier alpha value is -2.86. The third-order valence-corrected chi connectivity index (χ3v) is 4.12. The van der Waals surface area contributed by atoms with Crippen LogP contribution in [-0.4, -0.2) is 28.0 Å². The Morgan fingerprint density at radius 2 is 2.00 bits per heavy atom. The molecular formula is C19H19ClN4O2. The number of fused-ring (bicyclic) bond motifs is 1. The molecule has 1 heterocycles. The first-order valence-corrected chi connectivity index (χ1v) is 8.74. The van der Waals surface area contributed by atoms with Crippen LogP contribution in [0.5, 0.6) is 0 Å². The third-order valence-electron chi connectivity index (χ3n) is 3.93. The molecule has 0 fully saturated rings. The molecule has 6 nitrogen and oxygen atoms in total. The van der Waals surface area contributed by atoms with E-state index in [0.717, 1.165) is 11.3 Å². The van der Waals surface area contributed by atoms with E-state index in [9.17, 15) is 9.59 Å². The van der Waals surface area contributed by atoms with E-state index >= 15 is 0 Å². The van der Waals surface area contributed by atoms with E-state index in [1.807, 2.05) is 31.2 Å². The molecule has 0 aliphatic rings. The van der Waals surface area contributed by atoms with Crippen molar-refractivity contribution in [2.75, 3.05) is 17.7 Å². The Morgan fingerprint density at radius 3 is 2.73 bits per heavy atom. The molecule has 1 aromatic heterocycles. The molecule has 3 aromatic rings. The zero-order chi connectivity index (χ0) is 18.7. The van der Waals surface area contributed by atoms with Crippen molar-refractivity contribution >= 4 is 34.2 Å². The van der Waals surface area contributed by atoms with E-state index in [0.29, 0.717) is 34.8 Å². The van der Waals surface area contributed by atoms with Gasteiger partial charge in [0.05, 0.1) is 16.6 Å². The predicted octanol–water partition coefficient (Wildman–Crippen LogP) is 3.36. The summed E-state index contributed by atoms with van der Waals surface area (Å²) in [6, 6.07) is 12.4. The second-order valence-electron chi connectivity index (χ2n) is 5.94. The van der Waals surface area contributed by atoms with E-state index in [4.69, 9.17) is 11.6 Å². The van der Waals surface area contributed by atoms with Crippen LogP contribution in [-0.2, 0) is 0 Å². The van der Waals surface area contributed by atoms with Crippen LogP contribution in [0, 0.1) is 13.8 Å². The molecule has 0 saturated carbocycles. The van der Waals surface area contributed by atoms with Gasteiger partial charge in [-0.25, -0.2) is 9.78 Å². The molecule has 0 aliphatic carbocycles. The normalized spacial score (nSPS) is 10.7. The highest BCUT2D eigenvalue weighted by Gasteiger charge is 2.11. The maximum atomic E-state index is 13.0. The summed E-state index contributed by atoms with van der Waals surface area (Å²) in [5.74, 6) is 0.934. The molecule has 0 aliphatic heterocycles. The van der Waals surface area contributed by atoms with E-state index in [1.165, 1.54) is 0 Å². The first-order chi connectivity index (χ1) is 12.5. The van der Waals surface area contributed by atoms with Gasteiger partial charge in [0.25, 0.3) is 5.56 Å². The number of benzene rings is 2. The Morgan fingerprint density at radius 1 is 1.19 bits per heavy atom. The molecule has 0 radical (unpaired) electrons. The Labute approximate surface area is 155 Å². The lowest BCUT2D eigenvalue weighted by molar-refractivity contribution is 0.252. The van der Waals surface area contributed by atoms with Gasteiger partial charge in [-0.3, -0.25) is 9.36 Å². The first-order valence-electron chi connectivity index (χ1n) is 8.21. The molecule has 2 N–H and O–H groups in total. The molecule has 134 valence electrons. The molecule has 26 heavy (non-hydrogen) atoms. The van der Waals surface area contributed by atoms with Crippen molar-refractivity contribution in [1.82, 2.24) is 14.9 Å². The van der Waals surface area contributed by atoms with Gasteiger partial charge < -0.3 is 10.6 Å². The second kappa shape index (κ2) is 7.58. The maximum absolute atomic E-state index is 13.0. The van der Waals surface area contributed by atoms with Crippen molar-refractivity contribution in [3.8, 4) is 5.69 Å². The number of hydrogen-bond donors (Lipinski definition) is 2. The number of anilines is 1. The summed E-state index contributed by atoms with van der Waals surface area (Å²) >= 11 is 5.55. The summed E-state index contributed by atoms with van der Waals surface area (Å²) < 4.78 is 1.58. The van der Waals surface area contributed by atoms with Gasteiger partial charge in [0, 0.05) is 18.1 Å². The number of aryl methyl sites for hydroxylation is 2. The van der Waals surface area contributed by atoms with Crippen LogP contribution in [0.3, 0.4) is 0 Å². The van der Waals surface area contributed by atoms with Gasteiger partial charge in [0.2, 0.25) is 0 Å². The number of rotatable bonds is 4. The number of nitrogens with zero attached hydrogens (tertiary/aromatic N) is 2. The number of carbonyl (C=O) groups excluding carboxylic acids is 1. The summed E-state index contributed by atoms with van der Waals surface area (Å²) in [7, 11) is 0. The van der Waals surface area contributed by atoms with Gasteiger partial charge in [0.15, 0.2) is 0 Å². The highest BCUT2D eigenvalue weighted by Crippen LogP contribution is 2.17. The number of urea groups is 1. The van der Waals surface area contributed by atoms with E-state index < -0.39 is 0 Å². The average molecular weight is 371 g/mol. The summed E-state index contributed by atoms with van der Waals surface area (Å²) in [6.07, 6.45) is 0. The Kier molecular flexibility index (Phi) is 5.23. The molecular weight excluding hydrogens is 352 g/mol. The lowest BCUT2D eigenvalue weighted by Crippen LogP contribution is -2.30. The predicted molar refractivity (Wildman–Crippen MR) is 105 cm³/mol. The van der Waals surface area contributed by atoms with Crippen LogP contribution < -0.4 is 16.2 Å². The van der Waals surface area contributed by atoms with Crippen LogP contribution in [0.25, 0.3) is 16.6 Å². The zero-order valence-corrected chi connectivity index (χ0v) is 15.3. The van der Waals surface area contributed by atoms with Crippen LogP contribution in [0.1, 0.15) is 11.4 Å². The van der Waals surface area contributed by atoms with Gasteiger partial charge in [-0.2, -0.15) is 0 Å². The topological polar surface area (TPSA) is 76.0 Å². The minimum atomic E-state index is -0.371. The van der Waals surface area contributed by atoms with Gasteiger partial charge >= 0.3 is 6.03 Å². The third kappa shape index (κ3) is 3.70. The molecule has 3 rings (SSSR count). The van der Waals surface area contributed by atoms with Crippen molar-refractivity contribution in [3.63, 3.8) is 0 Å². The minimum absolute atomic E-state index is 0.178. The molecule has 2 amide bonds. The largest absolute Gasteiger partial charge is 0.337 e. The van der Waals surface area contributed by atoms with Crippen molar-refractivity contribution in [2.45, 2.75) is 13.8 Å². The fourth-order valence-electron chi connectivity index (χ4n) is 2.78. The summed E-state index contributed by atoms with van der Waals surface area (Å²) in [4.78, 5) is 29.4. The lowest BCUT2D eigenvalue weighted by atomic mass is 10.2. The first kappa shape index (κ1) is 17.9. The zero-order valence-electron chi connectivity index (χ0n) is 14.5. The minimum Gasteiger partial charge on any atom is -0.337 e. The van der Waals surface area contributed by atoms with Crippen LogP contribution >= 0.6 is 11.6 Å². The van der Waals surface area contributed by atoms with E-state index in [1.54, 1.807) is 29.7 Å². The van der Waals surface area contributed by atoms with Gasteiger partial charge in [-0.05, 0) is 49.7 Å². The standard InChI is InChI=1S/C19H19ClN4O2/c1-12-4-3-5-15(10-12)24-13(2)22-17-7-6-14(11-16(17)18(24)25)23-19(26)21-9-8-20/h3-7,10-11H,8-9H2,1-2H3,(H2,21,23,26). The number of nitrogens with one attached hydrogen (secondary N) is 2. The fourth-order valence-corrected chi connectivity index (χ4v) is 2.88. The van der Waals surface area contributed by atoms with Crippen molar-refractivity contribution in [3.05, 3.63) is 64.2 Å². The smallest absolute Gasteiger partial charge is 0.319 e. The molecule has 7 heteroatoms. The number of halogens is 1. The Bertz CT molecular complexity index is 1030. The van der Waals surface area contributed by atoms with Crippen molar-refractivity contribution < 1.29 is 4.79 Å². The number of aromatic nitrogens is 2. The summed E-state index contributed by atoms with van der Waals surface area (Å²) in [5.41, 5.74) is 2.74. The monoisotopic (exact) mass is 370 g/mol. The average Bonchev–Trinajstić information content (AvgIpc) is 2.61. The number of alkyl halides is 1. The molecule has 2 aromatic carbocycles. The molecule has 0 unspecified atom stereocenters. The lowest BCUT2D eigenvalue weighted by Gasteiger charge is -2.12. The molecule has 0 saturated heterocycles.